The van der Waals surface area contributed by atoms with Gasteiger partial charge in [0.15, 0.2) is 6.29 Å². The SMILES string of the molecule is CCC(NCC(OC)OC)c1ccc(OC)cc1. The molecule has 4 heteroatoms. The van der Waals surface area contributed by atoms with E-state index in [0.29, 0.717) is 12.6 Å². The highest BCUT2D eigenvalue weighted by atomic mass is 16.7. The van der Waals surface area contributed by atoms with Crippen molar-refractivity contribution in [1.82, 2.24) is 5.32 Å². The van der Waals surface area contributed by atoms with Crippen molar-refractivity contribution in [2.24, 2.45) is 0 Å². The van der Waals surface area contributed by atoms with Gasteiger partial charge in [0, 0.05) is 26.8 Å². The molecule has 18 heavy (non-hydrogen) atoms. The quantitative estimate of drug-likeness (QED) is 0.722. The lowest BCUT2D eigenvalue weighted by molar-refractivity contribution is -0.0999. The molecule has 1 atom stereocenters. The van der Waals surface area contributed by atoms with Gasteiger partial charge >= 0.3 is 0 Å². The predicted octanol–water partition coefficient (Wildman–Crippen LogP) is 2.35. The fourth-order valence-corrected chi connectivity index (χ4v) is 1.84. The molecule has 0 aromatic heterocycles. The summed E-state index contributed by atoms with van der Waals surface area (Å²) < 4.78 is 15.5. The Bertz CT molecular complexity index is 322. The molecule has 1 unspecified atom stereocenters. The Hall–Kier alpha value is -1.10. The molecule has 0 heterocycles. The summed E-state index contributed by atoms with van der Waals surface area (Å²) in [6.45, 7) is 2.81. The molecule has 0 aliphatic heterocycles. The maximum Gasteiger partial charge on any atom is 0.169 e. The van der Waals surface area contributed by atoms with Gasteiger partial charge in [-0.1, -0.05) is 19.1 Å². The Kier molecular flexibility index (Phi) is 6.72. The van der Waals surface area contributed by atoms with Crippen LogP contribution in [-0.4, -0.2) is 34.2 Å². The highest BCUT2D eigenvalue weighted by Gasteiger charge is 2.12. The predicted molar refractivity (Wildman–Crippen MR) is 71.8 cm³/mol. The third-order valence-electron chi connectivity index (χ3n) is 2.98. The number of methoxy groups -OCH3 is 3. The molecule has 0 spiro atoms. The number of ether oxygens (including phenoxy) is 3. The second-order valence-electron chi connectivity index (χ2n) is 4.04. The van der Waals surface area contributed by atoms with Crippen LogP contribution in [-0.2, 0) is 9.47 Å². The summed E-state index contributed by atoms with van der Waals surface area (Å²) in [4.78, 5) is 0. The van der Waals surface area contributed by atoms with Crippen molar-refractivity contribution in [3.63, 3.8) is 0 Å². The Morgan fingerprint density at radius 3 is 2.11 bits per heavy atom. The average molecular weight is 253 g/mol. The van der Waals surface area contributed by atoms with Crippen LogP contribution in [0.25, 0.3) is 0 Å². The van der Waals surface area contributed by atoms with Crippen molar-refractivity contribution < 1.29 is 14.2 Å². The first kappa shape index (κ1) is 15.0. The molecular weight excluding hydrogens is 230 g/mol. The van der Waals surface area contributed by atoms with Gasteiger partial charge < -0.3 is 19.5 Å². The van der Waals surface area contributed by atoms with Crippen LogP contribution in [0.4, 0.5) is 0 Å². The lowest BCUT2D eigenvalue weighted by atomic mass is 10.0. The number of hydrogen-bond acceptors (Lipinski definition) is 4. The van der Waals surface area contributed by atoms with Crippen LogP contribution in [0, 0.1) is 0 Å². The molecule has 0 fully saturated rings. The maximum atomic E-state index is 5.16. The minimum atomic E-state index is -0.211. The molecule has 0 aliphatic rings. The Balaban J connectivity index is 2.58. The zero-order valence-corrected chi connectivity index (χ0v) is 11.6. The smallest absolute Gasteiger partial charge is 0.169 e. The van der Waals surface area contributed by atoms with E-state index in [-0.39, 0.29) is 6.29 Å². The largest absolute Gasteiger partial charge is 0.497 e. The van der Waals surface area contributed by atoms with E-state index in [4.69, 9.17) is 14.2 Å². The van der Waals surface area contributed by atoms with Crippen LogP contribution in [0.15, 0.2) is 24.3 Å². The summed E-state index contributed by atoms with van der Waals surface area (Å²) in [6, 6.07) is 8.40. The van der Waals surface area contributed by atoms with Gasteiger partial charge in [-0.2, -0.15) is 0 Å². The van der Waals surface area contributed by atoms with Gasteiger partial charge in [0.1, 0.15) is 5.75 Å². The fourth-order valence-electron chi connectivity index (χ4n) is 1.84. The second-order valence-corrected chi connectivity index (χ2v) is 4.04. The third-order valence-corrected chi connectivity index (χ3v) is 2.98. The topological polar surface area (TPSA) is 39.7 Å². The summed E-state index contributed by atoms with van der Waals surface area (Å²) in [5.41, 5.74) is 1.24. The van der Waals surface area contributed by atoms with E-state index in [0.717, 1.165) is 12.2 Å². The first-order chi connectivity index (χ1) is 8.74. The van der Waals surface area contributed by atoms with Crippen LogP contribution >= 0.6 is 0 Å². The molecule has 1 N–H and O–H groups in total. The zero-order valence-electron chi connectivity index (χ0n) is 11.6. The Morgan fingerprint density at radius 2 is 1.67 bits per heavy atom. The Labute approximate surface area is 109 Å². The highest BCUT2D eigenvalue weighted by molar-refractivity contribution is 5.29. The summed E-state index contributed by atoms with van der Waals surface area (Å²) >= 11 is 0. The summed E-state index contributed by atoms with van der Waals surface area (Å²) in [6.07, 6.45) is 0.796. The van der Waals surface area contributed by atoms with Crippen LogP contribution in [0.1, 0.15) is 24.9 Å². The standard InChI is InChI=1S/C14H23NO3/c1-5-13(15-10-14(17-3)18-4)11-6-8-12(16-2)9-7-11/h6-9,13-15H,5,10H2,1-4H3. The van der Waals surface area contributed by atoms with Gasteiger partial charge in [-0.15, -0.1) is 0 Å². The van der Waals surface area contributed by atoms with Crippen molar-refractivity contribution in [2.45, 2.75) is 25.7 Å². The van der Waals surface area contributed by atoms with Crippen molar-refractivity contribution in [1.29, 1.82) is 0 Å². The second kappa shape index (κ2) is 8.08. The third kappa shape index (κ3) is 4.29. The minimum Gasteiger partial charge on any atom is -0.497 e. The van der Waals surface area contributed by atoms with Gasteiger partial charge in [0.05, 0.1) is 7.11 Å². The van der Waals surface area contributed by atoms with E-state index in [2.05, 4.69) is 24.4 Å². The maximum absolute atomic E-state index is 5.16. The lowest BCUT2D eigenvalue weighted by Gasteiger charge is -2.21. The van der Waals surface area contributed by atoms with Gasteiger partial charge in [0.2, 0.25) is 0 Å². The number of rotatable bonds is 8. The van der Waals surface area contributed by atoms with E-state index in [9.17, 15) is 0 Å². The van der Waals surface area contributed by atoms with Crippen LogP contribution in [0.2, 0.25) is 0 Å². The molecule has 0 amide bonds. The summed E-state index contributed by atoms with van der Waals surface area (Å²) in [7, 11) is 4.96. The molecule has 0 bridgehead atoms. The monoisotopic (exact) mass is 253 g/mol. The van der Waals surface area contributed by atoms with Crippen LogP contribution < -0.4 is 10.1 Å². The first-order valence-electron chi connectivity index (χ1n) is 6.18. The van der Waals surface area contributed by atoms with E-state index < -0.39 is 0 Å². The van der Waals surface area contributed by atoms with Crippen molar-refractivity contribution in [3.05, 3.63) is 29.8 Å². The minimum absolute atomic E-state index is 0.211. The van der Waals surface area contributed by atoms with Gasteiger partial charge in [-0.05, 0) is 24.1 Å². The van der Waals surface area contributed by atoms with E-state index in [1.165, 1.54) is 5.56 Å². The molecule has 1 aromatic carbocycles. The zero-order chi connectivity index (χ0) is 13.4. The summed E-state index contributed by atoms with van der Waals surface area (Å²) in [5.74, 6) is 0.875. The van der Waals surface area contributed by atoms with E-state index >= 15 is 0 Å². The van der Waals surface area contributed by atoms with Crippen LogP contribution in [0.5, 0.6) is 5.75 Å². The number of nitrogens with one attached hydrogen (secondary N) is 1. The molecule has 0 radical (unpaired) electrons. The molecule has 4 nitrogen and oxygen atoms in total. The van der Waals surface area contributed by atoms with E-state index in [1.54, 1.807) is 21.3 Å². The number of hydrogen-bond donors (Lipinski definition) is 1. The van der Waals surface area contributed by atoms with Crippen LogP contribution in [0.3, 0.4) is 0 Å². The summed E-state index contributed by atoms with van der Waals surface area (Å²) in [5, 5.41) is 3.43. The molecule has 1 rings (SSSR count). The molecule has 102 valence electrons. The molecule has 0 aliphatic carbocycles. The molecular formula is C14H23NO3. The highest BCUT2D eigenvalue weighted by Crippen LogP contribution is 2.20. The van der Waals surface area contributed by atoms with Crippen molar-refractivity contribution >= 4 is 0 Å². The normalized spacial score (nSPS) is 12.7. The van der Waals surface area contributed by atoms with E-state index in [1.807, 2.05) is 12.1 Å². The van der Waals surface area contributed by atoms with Crippen molar-refractivity contribution in [2.75, 3.05) is 27.9 Å². The molecule has 1 aromatic rings. The lowest BCUT2D eigenvalue weighted by Crippen LogP contribution is -2.32. The average Bonchev–Trinajstić information content (AvgIpc) is 2.44. The number of benzene rings is 1. The molecule has 0 saturated carbocycles. The van der Waals surface area contributed by atoms with Gasteiger partial charge in [0.25, 0.3) is 0 Å². The molecule has 0 saturated heterocycles. The fraction of sp³-hybridized carbons (Fsp3) is 0.571. The van der Waals surface area contributed by atoms with Gasteiger partial charge in [-0.3, -0.25) is 0 Å². The first-order valence-corrected chi connectivity index (χ1v) is 6.18. The Morgan fingerprint density at radius 1 is 1.06 bits per heavy atom. The van der Waals surface area contributed by atoms with Crippen molar-refractivity contribution in [3.8, 4) is 5.75 Å². The van der Waals surface area contributed by atoms with Gasteiger partial charge in [-0.25, -0.2) is 0 Å².